The quantitative estimate of drug-likeness (QED) is 0.563. The number of rotatable bonds is 6. The normalized spacial score (nSPS) is 24.4. The molecular weight excluding hydrogens is 464 g/mol. The van der Waals surface area contributed by atoms with E-state index in [4.69, 9.17) is 4.74 Å². The summed E-state index contributed by atoms with van der Waals surface area (Å²) < 4.78 is 5.45. The SMILES string of the molecule is CCc1ccc(C2CN3C(=O)CN(CCCN4CCOCC4)C(=O)[C@]3(C)c3[nH]c4ccccc4c32)cc1. The van der Waals surface area contributed by atoms with Crippen LogP contribution in [0.3, 0.4) is 0 Å². The average Bonchev–Trinajstić information content (AvgIpc) is 3.33. The predicted molar refractivity (Wildman–Crippen MR) is 143 cm³/mol. The van der Waals surface area contributed by atoms with E-state index in [1.54, 1.807) is 4.90 Å². The summed E-state index contributed by atoms with van der Waals surface area (Å²) in [6, 6.07) is 17.0. The zero-order valence-electron chi connectivity index (χ0n) is 21.8. The van der Waals surface area contributed by atoms with Crippen molar-refractivity contribution < 1.29 is 14.3 Å². The second kappa shape index (κ2) is 9.62. The Morgan fingerprint density at radius 2 is 1.78 bits per heavy atom. The minimum atomic E-state index is -1.04. The minimum absolute atomic E-state index is 0.00903. The van der Waals surface area contributed by atoms with Gasteiger partial charge in [0.15, 0.2) is 5.54 Å². The van der Waals surface area contributed by atoms with Gasteiger partial charge < -0.3 is 19.5 Å². The maximum Gasteiger partial charge on any atom is 0.254 e. The lowest BCUT2D eigenvalue weighted by molar-refractivity contribution is -0.166. The van der Waals surface area contributed by atoms with Crippen LogP contribution in [-0.4, -0.2) is 84.0 Å². The molecule has 0 spiro atoms. The summed E-state index contributed by atoms with van der Waals surface area (Å²) in [5.74, 6) is 0.0457. The van der Waals surface area contributed by atoms with E-state index in [9.17, 15) is 9.59 Å². The molecule has 1 N–H and O–H groups in total. The van der Waals surface area contributed by atoms with Crippen molar-refractivity contribution >= 4 is 22.7 Å². The Hall–Kier alpha value is -3.16. The first kappa shape index (κ1) is 24.2. The summed E-state index contributed by atoms with van der Waals surface area (Å²) in [5, 5.41) is 1.13. The fourth-order valence-electron chi connectivity index (χ4n) is 6.45. The first-order chi connectivity index (χ1) is 18.0. The number of aryl methyl sites for hydroxylation is 1. The molecule has 7 heteroatoms. The van der Waals surface area contributed by atoms with E-state index in [1.807, 2.05) is 24.0 Å². The lowest BCUT2D eigenvalue weighted by Crippen LogP contribution is -2.67. The highest BCUT2D eigenvalue weighted by Gasteiger charge is 2.56. The van der Waals surface area contributed by atoms with Gasteiger partial charge in [0.25, 0.3) is 5.91 Å². The van der Waals surface area contributed by atoms with E-state index < -0.39 is 5.54 Å². The Morgan fingerprint density at radius 3 is 2.54 bits per heavy atom. The van der Waals surface area contributed by atoms with Crippen LogP contribution in [0.4, 0.5) is 0 Å². The number of para-hydroxylation sites is 1. The third-order valence-electron chi connectivity index (χ3n) is 8.61. The molecule has 3 aliphatic rings. The van der Waals surface area contributed by atoms with E-state index in [0.717, 1.165) is 67.8 Å². The molecule has 3 aromatic rings. The van der Waals surface area contributed by atoms with Crippen LogP contribution in [0.25, 0.3) is 10.9 Å². The standard InChI is InChI=1S/C30H36N4O3/c1-3-21-9-11-22(12-10-21)24-19-34-26(35)20-33(14-6-13-32-15-17-37-18-16-32)29(36)30(34,2)28-27(24)23-7-4-5-8-25(23)31-28/h4-5,7-12,24,31H,3,6,13-20H2,1-2H3/t24?,30-/m0/s1. The van der Waals surface area contributed by atoms with E-state index in [2.05, 4.69) is 53.2 Å². The number of carbonyl (C=O) groups is 2. The molecule has 2 aromatic carbocycles. The number of amides is 2. The Kier molecular flexibility index (Phi) is 6.29. The van der Waals surface area contributed by atoms with Gasteiger partial charge in [-0.3, -0.25) is 14.5 Å². The number of nitrogens with one attached hydrogen (secondary N) is 1. The molecule has 4 heterocycles. The van der Waals surface area contributed by atoms with Crippen LogP contribution >= 0.6 is 0 Å². The minimum Gasteiger partial charge on any atom is -0.379 e. The number of carbonyl (C=O) groups excluding carboxylic acids is 2. The second-order valence-electron chi connectivity index (χ2n) is 10.7. The van der Waals surface area contributed by atoms with Gasteiger partial charge in [0.2, 0.25) is 5.91 Å². The predicted octanol–water partition coefficient (Wildman–Crippen LogP) is 3.48. The highest BCUT2D eigenvalue weighted by molar-refractivity contribution is 6.01. The maximum atomic E-state index is 14.2. The van der Waals surface area contributed by atoms with Gasteiger partial charge in [-0.05, 0) is 42.5 Å². The van der Waals surface area contributed by atoms with Gasteiger partial charge in [-0.15, -0.1) is 0 Å². The van der Waals surface area contributed by atoms with Gasteiger partial charge in [0.05, 0.1) is 25.5 Å². The smallest absolute Gasteiger partial charge is 0.254 e. The number of ether oxygens (including phenoxy) is 1. The molecule has 0 bridgehead atoms. The van der Waals surface area contributed by atoms with Crippen molar-refractivity contribution in [3.05, 3.63) is 70.9 Å². The number of hydrogen-bond donors (Lipinski definition) is 1. The fraction of sp³-hybridized carbons (Fsp3) is 0.467. The maximum absolute atomic E-state index is 14.2. The van der Waals surface area contributed by atoms with Crippen molar-refractivity contribution in [2.24, 2.45) is 0 Å². The molecule has 1 aromatic heterocycles. The summed E-state index contributed by atoms with van der Waals surface area (Å²) in [5.41, 5.74) is 4.45. The summed E-state index contributed by atoms with van der Waals surface area (Å²) in [7, 11) is 0. The van der Waals surface area contributed by atoms with E-state index in [0.29, 0.717) is 13.1 Å². The van der Waals surface area contributed by atoms with E-state index >= 15 is 0 Å². The number of fused-ring (bicyclic) bond motifs is 5. The lowest BCUT2D eigenvalue weighted by atomic mass is 9.76. The van der Waals surface area contributed by atoms with Gasteiger partial charge >= 0.3 is 0 Å². The van der Waals surface area contributed by atoms with Crippen LogP contribution in [0.5, 0.6) is 0 Å². The van der Waals surface area contributed by atoms with Gasteiger partial charge in [0, 0.05) is 49.5 Å². The number of H-pyrrole nitrogens is 1. The molecule has 0 saturated carbocycles. The van der Waals surface area contributed by atoms with Crippen LogP contribution in [0.1, 0.15) is 48.6 Å². The average molecular weight is 501 g/mol. The molecule has 2 saturated heterocycles. The topological polar surface area (TPSA) is 68.9 Å². The first-order valence-corrected chi connectivity index (χ1v) is 13.6. The molecule has 1 unspecified atom stereocenters. The van der Waals surface area contributed by atoms with Gasteiger partial charge in [0.1, 0.15) is 0 Å². The molecule has 2 atom stereocenters. The number of hydrogen-bond acceptors (Lipinski definition) is 4. The van der Waals surface area contributed by atoms with Crippen LogP contribution in [0, 0.1) is 0 Å². The lowest BCUT2D eigenvalue weighted by Gasteiger charge is -2.51. The van der Waals surface area contributed by atoms with Crippen molar-refractivity contribution in [2.45, 2.75) is 38.1 Å². The monoisotopic (exact) mass is 500 g/mol. The largest absolute Gasteiger partial charge is 0.379 e. The number of aromatic nitrogens is 1. The fourth-order valence-corrected chi connectivity index (χ4v) is 6.45. The zero-order valence-corrected chi connectivity index (χ0v) is 21.8. The zero-order chi connectivity index (χ0) is 25.6. The third kappa shape index (κ3) is 4.05. The number of nitrogens with zero attached hydrogens (tertiary/aromatic N) is 3. The summed E-state index contributed by atoms with van der Waals surface area (Å²) in [4.78, 5) is 37.4. The highest BCUT2D eigenvalue weighted by atomic mass is 16.5. The van der Waals surface area contributed by atoms with Gasteiger partial charge in [-0.25, -0.2) is 0 Å². The number of piperazine rings is 1. The molecular formula is C30H36N4O3. The molecule has 0 radical (unpaired) electrons. The Morgan fingerprint density at radius 1 is 1.03 bits per heavy atom. The van der Waals surface area contributed by atoms with Crippen LogP contribution in [0.15, 0.2) is 48.5 Å². The van der Waals surface area contributed by atoms with Crippen molar-refractivity contribution in [3.63, 3.8) is 0 Å². The third-order valence-corrected chi connectivity index (χ3v) is 8.61. The molecule has 2 fully saturated rings. The van der Waals surface area contributed by atoms with Crippen molar-refractivity contribution in [1.82, 2.24) is 19.7 Å². The summed E-state index contributed by atoms with van der Waals surface area (Å²) in [6.45, 7) is 9.62. The van der Waals surface area contributed by atoms with Crippen molar-refractivity contribution in [3.8, 4) is 0 Å². The second-order valence-corrected chi connectivity index (χ2v) is 10.7. The van der Waals surface area contributed by atoms with E-state index in [1.165, 1.54) is 11.1 Å². The molecule has 6 rings (SSSR count). The molecule has 2 amide bonds. The number of benzene rings is 2. The summed E-state index contributed by atoms with van der Waals surface area (Å²) in [6.07, 6.45) is 1.84. The number of morpholine rings is 1. The Labute approximate surface area is 218 Å². The van der Waals surface area contributed by atoms with Gasteiger partial charge in [-0.2, -0.15) is 0 Å². The van der Waals surface area contributed by atoms with E-state index in [-0.39, 0.29) is 24.3 Å². The molecule has 0 aliphatic carbocycles. The van der Waals surface area contributed by atoms with Crippen LogP contribution in [0.2, 0.25) is 0 Å². The van der Waals surface area contributed by atoms with Crippen molar-refractivity contribution in [2.75, 3.05) is 52.5 Å². The number of aromatic amines is 1. The Balaban J connectivity index is 1.36. The molecule has 3 aliphatic heterocycles. The molecule has 37 heavy (non-hydrogen) atoms. The van der Waals surface area contributed by atoms with Crippen molar-refractivity contribution in [1.29, 1.82) is 0 Å². The first-order valence-electron chi connectivity index (χ1n) is 13.6. The summed E-state index contributed by atoms with van der Waals surface area (Å²) >= 11 is 0. The van der Waals surface area contributed by atoms with Crippen LogP contribution in [-0.2, 0) is 26.3 Å². The highest BCUT2D eigenvalue weighted by Crippen LogP contribution is 2.48. The van der Waals surface area contributed by atoms with Gasteiger partial charge in [-0.1, -0.05) is 49.4 Å². The van der Waals surface area contributed by atoms with Crippen LogP contribution < -0.4 is 0 Å². The Bertz CT molecular complexity index is 1310. The molecule has 7 nitrogen and oxygen atoms in total. The molecule has 194 valence electrons.